The van der Waals surface area contributed by atoms with Gasteiger partial charge in [-0.15, -0.1) is 0 Å². The number of aromatic carboxylic acids is 1. The van der Waals surface area contributed by atoms with Gasteiger partial charge in [0.05, 0.1) is 18.8 Å². The van der Waals surface area contributed by atoms with Gasteiger partial charge in [-0.1, -0.05) is 0 Å². The zero-order valence-electron chi connectivity index (χ0n) is 11.3. The second-order valence-corrected chi connectivity index (χ2v) is 5.00. The van der Waals surface area contributed by atoms with Crippen LogP contribution in [0.5, 0.6) is 0 Å². The molecule has 1 aromatic heterocycles. The molecule has 1 aromatic rings. The van der Waals surface area contributed by atoms with E-state index in [0.717, 1.165) is 0 Å². The Kier molecular flexibility index (Phi) is 4.93. The highest BCUT2D eigenvalue weighted by atomic mass is 16.5. The zero-order chi connectivity index (χ0) is 13.8. The van der Waals surface area contributed by atoms with Crippen LogP contribution in [0.4, 0.5) is 0 Å². The fourth-order valence-electron chi connectivity index (χ4n) is 1.41. The van der Waals surface area contributed by atoms with E-state index >= 15 is 0 Å². The second-order valence-electron chi connectivity index (χ2n) is 5.00. The van der Waals surface area contributed by atoms with E-state index in [4.69, 9.17) is 19.0 Å². The van der Waals surface area contributed by atoms with Gasteiger partial charge in [0, 0.05) is 0 Å². The third kappa shape index (κ3) is 4.89. The van der Waals surface area contributed by atoms with Crippen LogP contribution in [0, 0.1) is 6.92 Å². The Morgan fingerprint density at radius 3 is 2.56 bits per heavy atom. The van der Waals surface area contributed by atoms with E-state index in [1.54, 1.807) is 6.92 Å². The molecule has 18 heavy (non-hydrogen) atoms. The van der Waals surface area contributed by atoms with Crippen LogP contribution in [0.15, 0.2) is 10.5 Å². The Hall–Kier alpha value is -1.33. The number of carbonyl (C=O) groups is 1. The van der Waals surface area contributed by atoms with Crippen LogP contribution < -0.4 is 0 Å². The van der Waals surface area contributed by atoms with Crippen molar-refractivity contribution in [1.29, 1.82) is 0 Å². The summed E-state index contributed by atoms with van der Waals surface area (Å²) in [5, 5.41) is 8.86. The van der Waals surface area contributed by atoms with Gasteiger partial charge in [-0.3, -0.25) is 0 Å². The van der Waals surface area contributed by atoms with Crippen molar-refractivity contribution in [3.8, 4) is 0 Å². The number of rotatable bonds is 6. The zero-order valence-corrected chi connectivity index (χ0v) is 11.3. The van der Waals surface area contributed by atoms with Crippen molar-refractivity contribution in [3.05, 3.63) is 23.2 Å². The minimum atomic E-state index is -0.987. The number of ether oxygens (including phenoxy) is 2. The van der Waals surface area contributed by atoms with E-state index in [1.807, 2.05) is 20.8 Å². The van der Waals surface area contributed by atoms with E-state index in [0.29, 0.717) is 24.7 Å². The molecule has 1 N–H and O–H groups in total. The smallest absolute Gasteiger partial charge is 0.339 e. The van der Waals surface area contributed by atoms with Crippen molar-refractivity contribution in [3.63, 3.8) is 0 Å². The number of furan rings is 1. The lowest BCUT2D eigenvalue weighted by Gasteiger charge is -2.19. The van der Waals surface area contributed by atoms with Crippen LogP contribution in [0.3, 0.4) is 0 Å². The Morgan fingerprint density at radius 1 is 1.39 bits per heavy atom. The van der Waals surface area contributed by atoms with Gasteiger partial charge in [-0.25, -0.2) is 4.79 Å². The first-order valence-electron chi connectivity index (χ1n) is 5.84. The molecule has 0 aliphatic heterocycles. The van der Waals surface area contributed by atoms with Crippen molar-refractivity contribution in [1.82, 2.24) is 0 Å². The SMILES string of the molecule is Cc1oc(COCCOC(C)(C)C)cc1C(=O)O. The number of hydrogen-bond acceptors (Lipinski definition) is 4. The molecule has 0 bridgehead atoms. The molecule has 5 nitrogen and oxygen atoms in total. The van der Waals surface area contributed by atoms with Crippen molar-refractivity contribution in [2.75, 3.05) is 13.2 Å². The van der Waals surface area contributed by atoms with Crippen LogP contribution in [0.2, 0.25) is 0 Å². The molecule has 0 spiro atoms. The summed E-state index contributed by atoms with van der Waals surface area (Å²) in [5.74, 6) is -0.0775. The fourth-order valence-corrected chi connectivity index (χ4v) is 1.41. The molecular formula is C13H20O5. The molecule has 102 valence electrons. The van der Waals surface area contributed by atoms with Crippen LogP contribution in [0.25, 0.3) is 0 Å². The van der Waals surface area contributed by atoms with Crippen LogP contribution in [-0.4, -0.2) is 29.9 Å². The summed E-state index contributed by atoms with van der Waals surface area (Å²) in [5.41, 5.74) is 0.000674. The van der Waals surface area contributed by atoms with Crippen molar-refractivity contribution >= 4 is 5.97 Å². The summed E-state index contributed by atoms with van der Waals surface area (Å²) in [6, 6.07) is 1.49. The van der Waals surface area contributed by atoms with Gasteiger partial charge in [0.25, 0.3) is 0 Å². The average Bonchev–Trinajstić information content (AvgIpc) is 2.57. The molecule has 0 amide bonds. The molecule has 0 aromatic carbocycles. The van der Waals surface area contributed by atoms with Gasteiger partial charge in [0.1, 0.15) is 23.7 Å². The normalized spacial score (nSPS) is 11.8. The van der Waals surface area contributed by atoms with Crippen molar-refractivity contribution < 1.29 is 23.8 Å². The first-order chi connectivity index (χ1) is 8.29. The topological polar surface area (TPSA) is 68.9 Å². The predicted molar refractivity (Wildman–Crippen MR) is 65.8 cm³/mol. The first-order valence-corrected chi connectivity index (χ1v) is 5.84. The van der Waals surface area contributed by atoms with Gasteiger partial charge in [-0.05, 0) is 33.8 Å². The third-order valence-electron chi connectivity index (χ3n) is 2.21. The highest BCUT2D eigenvalue weighted by molar-refractivity contribution is 5.88. The van der Waals surface area contributed by atoms with Crippen LogP contribution >= 0.6 is 0 Å². The molecule has 0 unspecified atom stereocenters. The summed E-state index contributed by atoms with van der Waals surface area (Å²) in [6.07, 6.45) is 0. The Morgan fingerprint density at radius 2 is 2.06 bits per heavy atom. The van der Waals surface area contributed by atoms with E-state index in [-0.39, 0.29) is 17.8 Å². The summed E-state index contributed by atoms with van der Waals surface area (Å²) < 4.78 is 16.1. The number of aryl methyl sites for hydroxylation is 1. The lowest BCUT2D eigenvalue weighted by atomic mass is 10.2. The highest BCUT2D eigenvalue weighted by Gasteiger charge is 2.13. The van der Waals surface area contributed by atoms with Gasteiger partial charge in [0.15, 0.2) is 0 Å². The molecule has 0 aliphatic rings. The molecule has 1 rings (SSSR count). The number of carboxylic acids is 1. The van der Waals surface area contributed by atoms with Gasteiger partial charge < -0.3 is 19.0 Å². The fraction of sp³-hybridized carbons (Fsp3) is 0.615. The largest absolute Gasteiger partial charge is 0.478 e. The van der Waals surface area contributed by atoms with Crippen LogP contribution in [0.1, 0.15) is 42.6 Å². The van der Waals surface area contributed by atoms with E-state index in [1.165, 1.54) is 6.07 Å². The van der Waals surface area contributed by atoms with Crippen molar-refractivity contribution in [2.45, 2.75) is 39.9 Å². The molecule has 0 saturated heterocycles. The molecule has 0 radical (unpaired) electrons. The number of carboxylic acid groups (broad SMARTS) is 1. The summed E-state index contributed by atoms with van der Waals surface area (Å²) >= 11 is 0. The molecule has 1 heterocycles. The lowest BCUT2D eigenvalue weighted by molar-refractivity contribution is -0.0395. The summed E-state index contributed by atoms with van der Waals surface area (Å²) in [7, 11) is 0. The molecule has 0 atom stereocenters. The molecule has 0 aliphatic carbocycles. The monoisotopic (exact) mass is 256 g/mol. The van der Waals surface area contributed by atoms with Gasteiger partial charge in [-0.2, -0.15) is 0 Å². The van der Waals surface area contributed by atoms with Gasteiger partial charge >= 0.3 is 5.97 Å². The minimum Gasteiger partial charge on any atom is -0.478 e. The molecule has 0 saturated carbocycles. The van der Waals surface area contributed by atoms with Crippen LogP contribution in [-0.2, 0) is 16.1 Å². The summed E-state index contributed by atoms with van der Waals surface area (Å²) in [6.45, 7) is 8.73. The average molecular weight is 256 g/mol. The maximum atomic E-state index is 10.8. The van der Waals surface area contributed by atoms with E-state index in [9.17, 15) is 4.79 Å². The molecular weight excluding hydrogens is 236 g/mol. The maximum absolute atomic E-state index is 10.8. The molecule has 5 heteroatoms. The Labute approximate surface area is 107 Å². The van der Waals surface area contributed by atoms with E-state index in [2.05, 4.69) is 0 Å². The maximum Gasteiger partial charge on any atom is 0.339 e. The predicted octanol–water partition coefficient (Wildman–Crippen LogP) is 2.62. The number of hydrogen-bond donors (Lipinski definition) is 1. The first kappa shape index (κ1) is 14.7. The third-order valence-corrected chi connectivity index (χ3v) is 2.21. The standard InChI is InChI=1S/C13H20O5/c1-9-11(12(14)15)7-10(18-9)8-16-5-6-17-13(2,3)4/h7H,5-6,8H2,1-4H3,(H,14,15). The Bertz CT molecular complexity index is 400. The van der Waals surface area contributed by atoms with Crippen molar-refractivity contribution in [2.24, 2.45) is 0 Å². The van der Waals surface area contributed by atoms with E-state index < -0.39 is 5.97 Å². The summed E-state index contributed by atoms with van der Waals surface area (Å²) in [4.78, 5) is 10.8. The lowest BCUT2D eigenvalue weighted by Crippen LogP contribution is -2.21. The highest BCUT2D eigenvalue weighted by Crippen LogP contribution is 2.15. The Balaban J connectivity index is 2.32. The second kappa shape index (κ2) is 6.02. The molecule has 0 fully saturated rings. The quantitative estimate of drug-likeness (QED) is 0.792. The minimum absolute atomic E-state index is 0.179. The van der Waals surface area contributed by atoms with Gasteiger partial charge in [0.2, 0.25) is 0 Å².